The van der Waals surface area contributed by atoms with E-state index in [0.29, 0.717) is 24.2 Å². The Balaban J connectivity index is 2.03. The van der Waals surface area contributed by atoms with Gasteiger partial charge >= 0.3 is 0 Å². The summed E-state index contributed by atoms with van der Waals surface area (Å²) in [5, 5.41) is 2.90. The van der Waals surface area contributed by atoms with Crippen LogP contribution >= 0.6 is 0 Å². The molecule has 4 heteroatoms. The van der Waals surface area contributed by atoms with Gasteiger partial charge in [-0.15, -0.1) is 0 Å². The number of carbonyl (C=O) groups is 2. The molecule has 0 aliphatic carbocycles. The fourth-order valence-corrected chi connectivity index (χ4v) is 2.87. The number of hydrogen-bond donors (Lipinski definition) is 1. The Bertz CT molecular complexity index is 713. The predicted molar refractivity (Wildman–Crippen MR) is 108 cm³/mol. The summed E-state index contributed by atoms with van der Waals surface area (Å²) in [6.07, 6.45) is 4.80. The third-order valence-electron chi connectivity index (χ3n) is 4.28. The lowest BCUT2D eigenvalue weighted by atomic mass is 10.1. The van der Waals surface area contributed by atoms with Gasteiger partial charge in [0, 0.05) is 29.9 Å². The molecule has 26 heavy (non-hydrogen) atoms. The van der Waals surface area contributed by atoms with Gasteiger partial charge in [-0.3, -0.25) is 9.59 Å². The lowest BCUT2D eigenvalue weighted by molar-refractivity contribution is -0.116. The maximum Gasteiger partial charge on any atom is 0.258 e. The number of unbranched alkanes of at least 4 members (excludes halogenated alkanes) is 3. The topological polar surface area (TPSA) is 49.4 Å². The largest absolute Gasteiger partial charge is 0.326 e. The monoisotopic (exact) mass is 352 g/mol. The number of benzene rings is 2. The first-order valence-corrected chi connectivity index (χ1v) is 9.42. The Morgan fingerprint density at radius 1 is 0.923 bits per heavy atom. The van der Waals surface area contributed by atoms with E-state index < -0.39 is 0 Å². The van der Waals surface area contributed by atoms with Gasteiger partial charge in [-0.2, -0.15) is 0 Å². The van der Waals surface area contributed by atoms with Gasteiger partial charge in [0.05, 0.1) is 0 Å². The third-order valence-corrected chi connectivity index (χ3v) is 4.28. The molecule has 4 nitrogen and oxygen atoms in total. The second-order valence-corrected chi connectivity index (χ2v) is 6.32. The molecule has 138 valence electrons. The first-order chi connectivity index (χ1) is 12.7. The minimum atomic E-state index is -0.0715. The van der Waals surface area contributed by atoms with Crippen LogP contribution in [-0.2, 0) is 4.79 Å². The van der Waals surface area contributed by atoms with Crippen LogP contribution in [0.5, 0.6) is 0 Å². The molecular formula is C22H28N2O2. The van der Waals surface area contributed by atoms with Crippen LogP contribution in [0.15, 0.2) is 54.6 Å². The molecule has 0 spiro atoms. The summed E-state index contributed by atoms with van der Waals surface area (Å²) >= 11 is 0. The highest BCUT2D eigenvalue weighted by Gasteiger charge is 2.16. The van der Waals surface area contributed by atoms with Gasteiger partial charge in [-0.25, -0.2) is 0 Å². The van der Waals surface area contributed by atoms with E-state index in [0.717, 1.165) is 31.4 Å². The number of anilines is 2. The molecule has 0 aliphatic heterocycles. The molecule has 0 aromatic heterocycles. The van der Waals surface area contributed by atoms with Crippen LogP contribution in [0.2, 0.25) is 0 Å². The van der Waals surface area contributed by atoms with Gasteiger partial charge in [0.1, 0.15) is 0 Å². The SMILES string of the molecule is CCCCCCC(=O)Nc1cccc(C(=O)N(CC)c2ccccc2)c1. The molecule has 0 saturated carbocycles. The number of hydrogen-bond acceptors (Lipinski definition) is 2. The molecule has 2 aromatic carbocycles. The summed E-state index contributed by atoms with van der Waals surface area (Å²) in [5.41, 5.74) is 2.10. The van der Waals surface area contributed by atoms with Gasteiger partial charge < -0.3 is 10.2 Å². The molecule has 2 amide bonds. The molecule has 0 heterocycles. The number of carbonyl (C=O) groups excluding carboxylic acids is 2. The number of rotatable bonds is 9. The van der Waals surface area contributed by atoms with E-state index in [4.69, 9.17) is 0 Å². The lowest BCUT2D eigenvalue weighted by Gasteiger charge is -2.21. The zero-order valence-corrected chi connectivity index (χ0v) is 15.7. The maximum absolute atomic E-state index is 12.9. The summed E-state index contributed by atoms with van der Waals surface area (Å²) in [6.45, 7) is 4.68. The van der Waals surface area contributed by atoms with E-state index in [1.54, 1.807) is 23.1 Å². The molecule has 1 N–H and O–H groups in total. The zero-order valence-electron chi connectivity index (χ0n) is 15.7. The van der Waals surface area contributed by atoms with Crippen molar-refractivity contribution in [1.82, 2.24) is 0 Å². The summed E-state index contributed by atoms with van der Waals surface area (Å²) in [4.78, 5) is 26.7. The quantitative estimate of drug-likeness (QED) is 0.626. The van der Waals surface area contributed by atoms with Gasteiger partial charge in [0.25, 0.3) is 5.91 Å². The molecule has 0 atom stereocenters. The molecule has 0 radical (unpaired) electrons. The lowest BCUT2D eigenvalue weighted by Crippen LogP contribution is -2.30. The zero-order chi connectivity index (χ0) is 18.8. The van der Waals surface area contributed by atoms with Gasteiger partial charge in [0.15, 0.2) is 0 Å². The molecule has 0 bridgehead atoms. The number of nitrogens with one attached hydrogen (secondary N) is 1. The van der Waals surface area contributed by atoms with Crippen molar-refractivity contribution in [2.24, 2.45) is 0 Å². The van der Waals surface area contributed by atoms with E-state index in [1.807, 2.05) is 43.3 Å². The van der Waals surface area contributed by atoms with Crippen LogP contribution in [-0.4, -0.2) is 18.4 Å². The van der Waals surface area contributed by atoms with Crippen molar-refractivity contribution in [3.63, 3.8) is 0 Å². The molecular weight excluding hydrogens is 324 g/mol. The minimum Gasteiger partial charge on any atom is -0.326 e. The number of amides is 2. The van der Waals surface area contributed by atoms with Crippen LogP contribution in [0, 0.1) is 0 Å². The summed E-state index contributed by atoms with van der Waals surface area (Å²) in [7, 11) is 0. The molecule has 2 aromatic rings. The van der Waals surface area contributed by atoms with Gasteiger partial charge in [0.2, 0.25) is 5.91 Å². The summed E-state index contributed by atoms with van der Waals surface area (Å²) in [5.74, 6) is -0.0705. The normalized spacial score (nSPS) is 10.4. The highest BCUT2D eigenvalue weighted by Crippen LogP contribution is 2.19. The van der Waals surface area contributed by atoms with Crippen molar-refractivity contribution >= 4 is 23.2 Å². The summed E-state index contributed by atoms with van der Waals surface area (Å²) < 4.78 is 0. The molecule has 0 unspecified atom stereocenters. The van der Waals surface area contributed by atoms with Crippen molar-refractivity contribution < 1.29 is 9.59 Å². The highest BCUT2D eigenvalue weighted by atomic mass is 16.2. The van der Waals surface area contributed by atoms with Crippen molar-refractivity contribution in [1.29, 1.82) is 0 Å². The van der Waals surface area contributed by atoms with Crippen molar-refractivity contribution in [3.8, 4) is 0 Å². The average Bonchev–Trinajstić information content (AvgIpc) is 2.67. The van der Waals surface area contributed by atoms with Crippen LogP contribution in [0.25, 0.3) is 0 Å². The van der Waals surface area contributed by atoms with Crippen molar-refractivity contribution in [2.75, 3.05) is 16.8 Å². The van der Waals surface area contributed by atoms with Gasteiger partial charge in [-0.05, 0) is 43.7 Å². The Morgan fingerprint density at radius 2 is 1.69 bits per heavy atom. The van der Waals surface area contributed by atoms with Crippen LogP contribution in [0.1, 0.15) is 56.3 Å². The summed E-state index contributed by atoms with van der Waals surface area (Å²) in [6, 6.07) is 16.8. The molecule has 0 fully saturated rings. The predicted octanol–water partition coefficient (Wildman–Crippen LogP) is 5.26. The fraction of sp³-hybridized carbons (Fsp3) is 0.364. The first kappa shape index (κ1) is 19.7. The average molecular weight is 352 g/mol. The van der Waals surface area contributed by atoms with E-state index in [9.17, 15) is 9.59 Å². The molecule has 2 rings (SSSR count). The van der Waals surface area contributed by atoms with Crippen LogP contribution < -0.4 is 10.2 Å². The van der Waals surface area contributed by atoms with E-state index in [-0.39, 0.29) is 11.8 Å². The standard InChI is InChI=1S/C22H28N2O2/c1-3-5-6-10-16-21(25)23-19-13-11-12-18(17-19)22(26)24(4-2)20-14-8-7-9-15-20/h7-9,11-15,17H,3-6,10,16H2,1-2H3,(H,23,25). The van der Waals surface area contributed by atoms with Crippen molar-refractivity contribution in [2.45, 2.75) is 46.0 Å². The van der Waals surface area contributed by atoms with Crippen LogP contribution in [0.3, 0.4) is 0 Å². The van der Waals surface area contributed by atoms with Gasteiger partial charge in [-0.1, -0.05) is 50.5 Å². The Hall–Kier alpha value is -2.62. The van der Waals surface area contributed by atoms with E-state index >= 15 is 0 Å². The van der Waals surface area contributed by atoms with Crippen LogP contribution in [0.4, 0.5) is 11.4 Å². The smallest absolute Gasteiger partial charge is 0.258 e. The second kappa shape index (κ2) is 10.4. The number of nitrogens with zero attached hydrogens (tertiary/aromatic N) is 1. The fourth-order valence-electron chi connectivity index (χ4n) is 2.87. The Kier molecular flexibility index (Phi) is 7.87. The Morgan fingerprint density at radius 3 is 2.38 bits per heavy atom. The third kappa shape index (κ3) is 5.73. The highest BCUT2D eigenvalue weighted by molar-refractivity contribution is 6.07. The maximum atomic E-state index is 12.9. The Labute approximate surface area is 156 Å². The minimum absolute atomic E-state index is 0.00103. The number of para-hydroxylation sites is 1. The second-order valence-electron chi connectivity index (χ2n) is 6.32. The van der Waals surface area contributed by atoms with E-state index in [2.05, 4.69) is 12.2 Å². The molecule has 0 saturated heterocycles. The van der Waals surface area contributed by atoms with Crippen molar-refractivity contribution in [3.05, 3.63) is 60.2 Å². The molecule has 0 aliphatic rings. The van der Waals surface area contributed by atoms with E-state index in [1.165, 1.54) is 0 Å². The first-order valence-electron chi connectivity index (χ1n) is 9.42.